The van der Waals surface area contributed by atoms with E-state index in [-0.39, 0.29) is 25.9 Å². The largest absolute Gasteiger partial charge is 0.465 e. The molecule has 1 aliphatic rings. The summed E-state index contributed by atoms with van der Waals surface area (Å²) in [7, 11) is -4.15. The number of rotatable bonds is 9. The van der Waals surface area contributed by atoms with E-state index in [1.54, 1.807) is 18.2 Å². The lowest BCUT2D eigenvalue weighted by Crippen LogP contribution is -2.36. The van der Waals surface area contributed by atoms with E-state index >= 15 is 0 Å². The van der Waals surface area contributed by atoms with Gasteiger partial charge in [0, 0.05) is 19.6 Å². The number of anilines is 1. The van der Waals surface area contributed by atoms with E-state index in [1.165, 1.54) is 6.34 Å². The Morgan fingerprint density at radius 2 is 2.28 bits per heavy atom. The molecule has 3 N–H and O–H groups in total. The number of esters is 1. The number of halogens is 1. The second-order valence-corrected chi connectivity index (χ2v) is 7.59. The number of aromatic nitrogens is 2. The van der Waals surface area contributed by atoms with Crippen LogP contribution >= 0.6 is 19.2 Å². The molecule has 0 aromatic carbocycles. The van der Waals surface area contributed by atoms with Crippen LogP contribution in [0.4, 0.5) is 5.82 Å². The fourth-order valence-electron chi connectivity index (χ4n) is 2.31. The van der Waals surface area contributed by atoms with Gasteiger partial charge in [0.05, 0.1) is 32.0 Å². The van der Waals surface area contributed by atoms with E-state index in [0.717, 1.165) is 0 Å². The van der Waals surface area contributed by atoms with E-state index in [9.17, 15) is 9.36 Å². The molecule has 1 aromatic rings. The number of nitrogens with one attached hydrogen (secondary N) is 1. The summed E-state index contributed by atoms with van der Waals surface area (Å²) in [6, 6.07) is 0. The Morgan fingerprint density at radius 1 is 1.52 bits per heavy atom. The molecule has 1 aromatic heterocycles. The molecule has 25 heavy (non-hydrogen) atoms. The van der Waals surface area contributed by atoms with Crippen molar-refractivity contribution >= 4 is 37.3 Å². The number of nitrogens with zero attached hydrogens (tertiary/aromatic N) is 4. The van der Waals surface area contributed by atoms with Crippen LogP contribution in [0.5, 0.6) is 0 Å². The molecule has 0 bridgehead atoms. The Labute approximate surface area is 150 Å². The Kier molecular flexibility index (Phi) is 6.97. The number of imidazole rings is 1. The van der Waals surface area contributed by atoms with E-state index in [4.69, 9.17) is 26.1 Å². The maximum Gasteiger partial charge on any atom is 0.326 e. The number of aliphatic imine (C=N–C) groups is 1. The van der Waals surface area contributed by atoms with Crippen LogP contribution in [-0.4, -0.2) is 68.9 Å². The first-order chi connectivity index (χ1) is 11.8. The molecular formula is C13H21ClN5O5P. The van der Waals surface area contributed by atoms with E-state index in [0.29, 0.717) is 24.6 Å². The SMILES string of the molecule is CCOC(=O)CN(CCn1cnc2c1NC=NC2Cl)CCP(=O)(O)O. The van der Waals surface area contributed by atoms with Gasteiger partial charge in [-0.2, -0.15) is 0 Å². The summed E-state index contributed by atoms with van der Waals surface area (Å²) in [5.41, 5.74) is 0.0547. The molecule has 0 fully saturated rings. The highest BCUT2D eigenvalue weighted by molar-refractivity contribution is 7.51. The Morgan fingerprint density at radius 3 is 2.96 bits per heavy atom. The molecule has 1 atom stereocenters. The lowest BCUT2D eigenvalue weighted by Gasteiger charge is -2.22. The first-order valence-electron chi connectivity index (χ1n) is 7.70. The van der Waals surface area contributed by atoms with Crippen molar-refractivity contribution in [2.24, 2.45) is 4.99 Å². The van der Waals surface area contributed by atoms with Crippen molar-refractivity contribution in [1.29, 1.82) is 0 Å². The highest BCUT2D eigenvalue weighted by atomic mass is 35.5. The van der Waals surface area contributed by atoms with Crippen LogP contribution in [0.1, 0.15) is 18.1 Å². The minimum atomic E-state index is -4.15. The number of alkyl halides is 1. The zero-order chi connectivity index (χ0) is 18.4. The van der Waals surface area contributed by atoms with Crippen molar-refractivity contribution in [1.82, 2.24) is 14.5 Å². The molecule has 2 heterocycles. The molecule has 0 aliphatic carbocycles. The second-order valence-electron chi connectivity index (χ2n) is 5.40. The summed E-state index contributed by atoms with van der Waals surface area (Å²) >= 11 is 6.05. The normalized spacial score (nSPS) is 16.6. The molecule has 140 valence electrons. The lowest BCUT2D eigenvalue weighted by molar-refractivity contribution is -0.144. The van der Waals surface area contributed by atoms with Gasteiger partial charge in [0.1, 0.15) is 11.5 Å². The molecule has 10 nitrogen and oxygen atoms in total. The highest BCUT2D eigenvalue weighted by Crippen LogP contribution is 2.33. The van der Waals surface area contributed by atoms with Gasteiger partial charge in [0.2, 0.25) is 0 Å². The molecule has 0 saturated heterocycles. The van der Waals surface area contributed by atoms with Crippen molar-refractivity contribution in [3.8, 4) is 0 Å². The van der Waals surface area contributed by atoms with E-state index in [2.05, 4.69) is 15.3 Å². The standard InChI is InChI=1S/C13H21ClN5O5P/c1-2-24-10(20)7-18(5-6-25(21,22)23)3-4-19-9-17-11-12(14)15-8-16-13(11)19/h8-9,12H,2-7H2,1H3,(H,15,16)(H2,21,22,23). The summed E-state index contributed by atoms with van der Waals surface area (Å²) in [6.07, 6.45) is 2.76. The molecule has 1 aliphatic heterocycles. The Balaban J connectivity index is 1.99. The molecule has 12 heteroatoms. The predicted molar refractivity (Wildman–Crippen MR) is 92.9 cm³/mol. The minimum Gasteiger partial charge on any atom is -0.465 e. The highest BCUT2D eigenvalue weighted by Gasteiger charge is 2.22. The van der Waals surface area contributed by atoms with Crippen LogP contribution in [0.25, 0.3) is 0 Å². The minimum absolute atomic E-state index is 0.0439. The summed E-state index contributed by atoms with van der Waals surface area (Å²) < 4.78 is 17.8. The zero-order valence-corrected chi connectivity index (χ0v) is 15.4. The second kappa shape index (κ2) is 8.77. The van der Waals surface area contributed by atoms with Crippen molar-refractivity contribution in [3.63, 3.8) is 0 Å². The third-order valence-corrected chi connectivity index (χ3v) is 4.62. The molecule has 0 radical (unpaired) electrons. The smallest absolute Gasteiger partial charge is 0.326 e. The molecule has 0 saturated carbocycles. The molecule has 1 unspecified atom stereocenters. The van der Waals surface area contributed by atoms with Gasteiger partial charge in [-0.15, -0.1) is 0 Å². The van der Waals surface area contributed by atoms with Crippen LogP contribution in [0.15, 0.2) is 11.3 Å². The Hall–Kier alpha value is -1.45. The molecule has 2 rings (SSSR count). The lowest BCUT2D eigenvalue weighted by atomic mass is 10.4. The summed E-state index contributed by atoms with van der Waals surface area (Å²) in [5.74, 6) is 0.271. The number of hydrogen-bond donors (Lipinski definition) is 3. The molecule has 0 amide bonds. The van der Waals surface area contributed by atoms with Gasteiger partial charge in [-0.05, 0) is 6.92 Å². The third kappa shape index (κ3) is 6.09. The monoisotopic (exact) mass is 393 g/mol. The van der Waals surface area contributed by atoms with Crippen molar-refractivity contribution < 1.29 is 23.9 Å². The number of carbonyl (C=O) groups excluding carboxylic acids is 1. The van der Waals surface area contributed by atoms with Crippen LogP contribution in [0.3, 0.4) is 0 Å². The van der Waals surface area contributed by atoms with Crippen molar-refractivity contribution in [2.75, 3.05) is 37.7 Å². The molecular weight excluding hydrogens is 373 g/mol. The van der Waals surface area contributed by atoms with E-state index < -0.39 is 19.1 Å². The van der Waals surface area contributed by atoms with Gasteiger partial charge in [0.25, 0.3) is 0 Å². The van der Waals surface area contributed by atoms with Gasteiger partial charge >= 0.3 is 13.6 Å². The van der Waals surface area contributed by atoms with Crippen molar-refractivity contribution in [3.05, 3.63) is 12.0 Å². The van der Waals surface area contributed by atoms with Crippen LogP contribution in [0.2, 0.25) is 0 Å². The Bertz CT molecular complexity index is 676. The maximum absolute atomic E-state index is 11.7. The number of hydrogen-bond acceptors (Lipinski definition) is 7. The fourth-order valence-corrected chi connectivity index (χ4v) is 3.07. The van der Waals surface area contributed by atoms with E-state index in [1.807, 2.05) is 4.57 Å². The van der Waals surface area contributed by atoms with Crippen molar-refractivity contribution in [2.45, 2.75) is 19.0 Å². The van der Waals surface area contributed by atoms with Gasteiger partial charge in [0.15, 0.2) is 5.50 Å². The third-order valence-electron chi connectivity index (χ3n) is 3.52. The first kappa shape index (κ1) is 19.9. The number of fused-ring (bicyclic) bond motifs is 1. The summed E-state index contributed by atoms with van der Waals surface area (Å²) in [4.78, 5) is 39.6. The van der Waals surface area contributed by atoms with Crippen LogP contribution in [-0.2, 0) is 20.6 Å². The quantitative estimate of drug-likeness (QED) is 0.241. The summed E-state index contributed by atoms with van der Waals surface area (Å²) in [5, 5.41) is 2.97. The number of ether oxygens (including phenoxy) is 1. The van der Waals surface area contributed by atoms with Gasteiger partial charge in [-0.25, -0.2) is 9.98 Å². The maximum atomic E-state index is 11.7. The number of carbonyl (C=O) groups is 1. The topological polar surface area (TPSA) is 129 Å². The fraction of sp³-hybridized carbons (Fsp3) is 0.615. The summed E-state index contributed by atoms with van der Waals surface area (Å²) in [6.45, 7) is 2.82. The van der Waals surface area contributed by atoms with Crippen LogP contribution in [0, 0.1) is 0 Å². The zero-order valence-electron chi connectivity index (χ0n) is 13.7. The van der Waals surface area contributed by atoms with Gasteiger partial charge in [-0.3, -0.25) is 14.3 Å². The average Bonchev–Trinajstić information content (AvgIpc) is 2.94. The first-order valence-corrected chi connectivity index (χ1v) is 9.93. The van der Waals surface area contributed by atoms with Crippen LogP contribution < -0.4 is 5.32 Å². The predicted octanol–water partition coefficient (Wildman–Crippen LogP) is 0.617. The van der Waals surface area contributed by atoms with Gasteiger partial charge < -0.3 is 24.4 Å². The molecule has 0 spiro atoms. The average molecular weight is 394 g/mol. The van der Waals surface area contributed by atoms with Gasteiger partial charge in [-0.1, -0.05) is 11.6 Å².